The Morgan fingerprint density at radius 3 is 2.85 bits per heavy atom. The topological polar surface area (TPSA) is 42.7 Å². The monoisotopic (exact) mass is 355 g/mol. The van der Waals surface area contributed by atoms with E-state index in [1.165, 1.54) is 7.11 Å². The number of halogens is 1. The first kappa shape index (κ1) is 17.0. The predicted octanol–water partition coefficient (Wildman–Crippen LogP) is 4.10. The molecule has 2 heterocycles. The van der Waals surface area contributed by atoms with Crippen molar-refractivity contribution in [1.82, 2.24) is 4.90 Å². The number of alkyl halides is 1. The zero-order valence-corrected chi connectivity index (χ0v) is 15.0. The molecule has 0 bridgehead atoms. The number of carbonyl (C=O) groups excluding carboxylic acids is 1. The Bertz CT molecular complexity index is 966. The first-order valence-electron chi connectivity index (χ1n) is 8.87. The smallest absolute Gasteiger partial charge is 0.227 e. The van der Waals surface area contributed by atoms with Crippen LogP contribution in [-0.4, -0.2) is 42.8 Å². The Hall–Kier alpha value is -2.40. The second kappa shape index (κ2) is 6.40. The molecule has 0 aliphatic carbocycles. The summed E-state index contributed by atoms with van der Waals surface area (Å²) in [6.07, 6.45) is 0.570. The summed E-state index contributed by atoms with van der Waals surface area (Å²) >= 11 is 0. The van der Waals surface area contributed by atoms with E-state index in [4.69, 9.17) is 9.15 Å². The number of amides is 1. The molecule has 0 spiro atoms. The molecular weight excluding hydrogens is 333 g/mol. The number of furan rings is 1. The van der Waals surface area contributed by atoms with Crippen molar-refractivity contribution in [3.63, 3.8) is 0 Å². The van der Waals surface area contributed by atoms with Crippen LogP contribution in [-0.2, 0) is 16.0 Å². The van der Waals surface area contributed by atoms with Crippen molar-refractivity contribution in [3.8, 4) is 0 Å². The first-order valence-corrected chi connectivity index (χ1v) is 8.87. The molecule has 4 rings (SSSR count). The molecule has 1 aliphatic heterocycles. The Kier molecular flexibility index (Phi) is 4.19. The minimum absolute atomic E-state index is 0.0219. The third kappa shape index (κ3) is 2.97. The molecule has 1 saturated heterocycles. The minimum atomic E-state index is -1.45. The van der Waals surface area contributed by atoms with Crippen molar-refractivity contribution in [2.24, 2.45) is 0 Å². The van der Waals surface area contributed by atoms with Gasteiger partial charge in [0, 0.05) is 30.3 Å². The molecule has 26 heavy (non-hydrogen) atoms. The lowest BCUT2D eigenvalue weighted by Gasteiger charge is -2.22. The van der Waals surface area contributed by atoms with Gasteiger partial charge in [-0.15, -0.1) is 0 Å². The summed E-state index contributed by atoms with van der Waals surface area (Å²) in [5, 5.41) is 2.04. The van der Waals surface area contributed by atoms with E-state index in [0.29, 0.717) is 6.42 Å². The quantitative estimate of drug-likeness (QED) is 0.707. The molecule has 2 atom stereocenters. The predicted molar refractivity (Wildman–Crippen MR) is 98.9 cm³/mol. The van der Waals surface area contributed by atoms with Gasteiger partial charge in [-0.1, -0.05) is 24.3 Å². The fraction of sp³-hybridized carbons (Fsp3) is 0.381. The molecule has 0 N–H and O–H groups in total. The molecule has 1 unspecified atom stereocenters. The number of rotatable bonds is 4. The lowest BCUT2D eigenvalue weighted by atomic mass is 10.0. The van der Waals surface area contributed by atoms with Crippen molar-refractivity contribution in [2.45, 2.75) is 31.5 Å². The number of hydrogen-bond donors (Lipinski definition) is 0. The number of likely N-dealkylation sites (tertiary alicyclic amines) is 1. The van der Waals surface area contributed by atoms with E-state index in [-0.39, 0.29) is 31.5 Å². The number of para-hydroxylation sites is 1. The second-order valence-corrected chi connectivity index (χ2v) is 7.26. The molecule has 4 nitrogen and oxygen atoms in total. The SMILES string of the molecule is COC[C@@]1(F)CC(C)N(C(=O)Cc2ccc3oc4ccccc4c3c2)C1. The number of methoxy groups -OCH3 is 1. The summed E-state index contributed by atoms with van der Waals surface area (Å²) in [6.45, 7) is 2.01. The van der Waals surface area contributed by atoms with E-state index >= 15 is 0 Å². The van der Waals surface area contributed by atoms with Gasteiger partial charge < -0.3 is 14.1 Å². The van der Waals surface area contributed by atoms with Gasteiger partial charge in [0.2, 0.25) is 5.91 Å². The number of nitrogens with zero attached hydrogens (tertiary/aromatic N) is 1. The summed E-state index contributed by atoms with van der Waals surface area (Å²) in [6, 6.07) is 13.5. The Morgan fingerprint density at radius 1 is 1.27 bits per heavy atom. The van der Waals surface area contributed by atoms with Crippen LogP contribution in [0.4, 0.5) is 4.39 Å². The van der Waals surface area contributed by atoms with Crippen molar-refractivity contribution < 1.29 is 18.3 Å². The molecule has 2 aromatic carbocycles. The van der Waals surface area contributed by atoms with Crippen LogP contribution in [0.1, 0.15) is 18.9 Å². The first-order chi connectivity index (χ1) is 12.5. The van der Waals surface area contributed by atoms with Crippen molar-refractivity contribution in [1.29, 1.82) is 0 Å². The number of fused-ring (bicyclic) bond motifs is 3. The maximum Gasteiger partial charge on any atom is 0.227 e. The van der Waals surface area contributed by atoms with Crippen molar-refractivity contribution >= 4 is 27.8 Å². The summed E-state index contributed by atoms with van der Waals surface area (Å²) in [5.41, 5.74) is 1.10. The van der Waals surface area contributed by atoms with E-state index in [1.807, 2.05) is 49.4 Å². The highest BCUT2D eigenvalue weighted by Gasteiger charge is 2.44. The van der Waals surface area contributed by atoms with E-state index in [1.54, 1.807) is 4.90 Å². The van der Waals surface area contributed by atoms with Gasteiger partial charge in [-0.25, -0.2) is 4.39 Å². The van der Waals surface area contributed by atoms with Gasteiger partial charge in [0.1, 0.15) is 11.2 Å². The van der Waals surface area contributed by atoms with Gasteiger partial charge in [0.25, 0.3) is 0 Å². The molecule has 5 heteroatoms. The lowest BCUT2D eigenvalue weighted by molar-refractivity contribution is -0.131. The molecule has 1 amide bonds. The van der Waals surface area contributed by atoms with E-state index < -0.39 is 5.67 Å². The Labute approximate surface area is 151 Å². The molecule has 136 valence electrons. The fourth-order valence-electron chi connectivity index (χ4n) is 4.02. The van der Waals surface area contributed by atoms with Crippen LogP contribution in [0.25, 0.3) is 21.9 Å². The Morgan fingerprint density at radius 2 is 2.04 bits per heavy atom. The summed E-state index contributed by atoms with van der Waals surface area (Å²) < 4.78 is 25.5. The maximum atomic E-state index is 14.7. The maximum absolute atomic E-state index is 14.7. The van der Waals surface area contributed by atoms with Crippen LogP contribution >= 0.6 is 0 Å². The van der Waals surface area contributed by atoms with Crippen molar-refractivity contribution in [3.05, 3.63) is 48.0 Å². The largest absolute Gasteiger partial charge is 0.456 e. The number of carbonyl (C=O) groups is 1. The number of ether oxygens (including phenoxy) is 1. The molecule has 3 aromatic rings. The van der Waals surface area contributed by atoms with Crippen molar-refractivity contribution in [2.75, 3.05) is 20.3 Å². The average molecular weight is 355 g/mol. The zero-order chi connectivity index (χ0) is 18.3. The van der Waals surface area contributed by atoms with Gasteiger partial charge in [-0.2, -0.15) is 0 Å². The van der Waals surface area contributed by atoms with Crippen LogP contribution in [0.2, 0.25) is 0 Å². The zero-order valence-electron chi connectivity index (χ0n) is 15.0. The van der Waals surface area contributed by atoms with Gasteiger partial charge in [0.15, 0.2) is 5.67 Å². The van der Waals surface area contributed by atoms with Gasteiger partial charge >= 0.3 is 0 Å². The number of benzene rings is 2. The molecule has 0 saturated carbocycles. The molecule has 1 aliphatic rings. The Balaban J connectivity index is 1.57. The van der Waals surface area contributed by atoms with E-state index in [2.05, 4.69) is 0 Å². The lowest BCUT2D eigenvalue weighted by Crippen LogP contribution is -2.38. The van der Waals surface area contributed by atoms with Crippen LogP contribution in [0, 0.1) is 0 Å². The second-order valence-electron chi connectivity index (χ2n) is 7.26. The van der Waals surface area contributed by atoms with Crippen LogP contribution in [0.5, 0.6) is 0 Å². The summed E-state index contributed by atoms with van der Waals surface area (Å²) in [7, 11) is 1.49. The third-order valence-corrected chi connectivity index (χ3v) is 5.17. The standard InChI is InChI=1S/C21H22FNO3/c1-14-11-21(22,13-25-2)12-23(14)20(24)10-15-7-8-19-17(9-15)16-5-3-4-6-18(16)26-19/h3-9,14H,10-13H2,1-2H3/t14?,21-/m1/s1. The van der Waals surface area contributed by atoms with Crippen LogP contribution < -0.4 is 0 Å². The fourth-order valence-corrected chi connectivity index (χ4v) is 4.02. The molecule has 1 aromatic heterocycles. The van der Waals surface area contributed by atoms with Crippen LogP contribution in [0.15, 0.2) is 46.9 Å². The summed E-state index contributed by atoms with van der Waals surface area (Å²) in [5.74, 6) is -0.0553. The van der Waals surface area contributed by atoms with Gasteiger partial charge in [0.05, 0.1) is 19.6 Å². The minimum Gasteiger partial charge on any atom is -0.456 e. The highest BCUT2D eigenvalue weighted by atomic mass is 19.1. The van der Waals surface area contributed by atoms with Gasteiger partial charge in [-0.05, 0) is 30.7 Å². The highest BCUT2D eigenvalue weighted by Crippen LogP contribution is 2.32. The third-order valence-electron chi connectivity index (χ3n) is 5.17. The normalized spacial score (nSPS) is 23.2. The molecule has 0 radical (unpaired) electrons. The highest BCUT2D eigenvalue weighted by molar-refractivity contribution is 6.05. The van der Waals surface area contributed by atoms with E-state index in [9.17, 15) is 9.18 Å². The number of hydrogen-bond acceptors (Lipinski definition) is 3. The van der Waals surface area contributed by atoms with Gasteiger partial charge in [-0.3, -0.25) is 4.79 Å². The average Bonchev–Trinajstić information content (AvgIpc) is 3.12. The van der Waals surface area contributed by atoms with E-state index in [0.717, 1.165) is 27.5 Å². The summed E-state index contributed by atoms with van der Waals surface area (Å²) in [4.78, 5) is 14.4. The van der Waals surface area contributed by atoms with Crippen LogP contribution in [0.3, 0.4) is 0 Å². The molecule has 1 fully saturated rings. The molecular formula is C21H22FNO3.